The molecule has 0 aliphatic carbocycles. The molecule has 0 radical (unpaired) electrons. The number of halogens is 1. The summed E-state index contributed by atoms with van der Waals surface area (Å²) < 4.78 is 3.12. The Morgan fingerprint density at radius 1 is 1.22 bits per heavy atom. The van der Waals surface area contributed by atoms with Crippen molar-refractivity contribution in [2.24, 2.45) is 7.05 Å². The first-order valence-corrected chi connectivity index (χ1v) is 7.48. The van der Waals surface area contributed by atoms with Gasteiger partial charge in [-0.15, -0.1) is 0 Å². The lowest BCUT2D eigenvalue weighted by molar-refractivity contribution is 0.686. The van der Waals surface area contributed by atoms with Gasteiger partial charge in [0.2, 0.25) is 0 Å². The van der Waals surface area contributed by atoms with E-state index in [-0.39, 0.29) is 5.69 Å². The molecule has 0 aliphatic rings. The van der Waals surface area contributed by atoms with Gasteiger partial charge < -0.3 is 0 Å². The summed E-state index contributed by atoms with van der Waals surface area (Å²) >= 11 is 5.97. The lowest BCUT2D eigenvalue weighted by atomic mass is 9.86. The van der Waals surface area contributed by atoms with E-state index in [0.29, 0.717) is 16.2 Å². The third-order valence-electron chi connectivity index (χ3n) is 4.04. The van der Waals surface area contributed by atoms with Crippen molar-refractivity contribution in [1.29, 1.82) is 5.26 Å². The number of hydrogen-bond donors (Lipinski definition) is 0. The third kappa shape index (κ3) is 2.41. The smallest absolute Gasteiger partial charge is 0.293 e. The molecule has 0 unspecified atom stereocenters. The molecule has 0 bridgehead atoms. The lowest BCUT2D eigenvalue weighted by Gasteiger charge is -2.16. The second-order valence-corrected chi connectivity index (χ2v) is 6.34. The zero-order valence-corrected chi connectivity index (χ0v) is 13.8. The van der Waals surface area contributed by atoms with Gasteiger partial charge in [0, 0.05) is 13.1 Å². The fourth-order valence-electron chi connectivity index (χ4n) is 2.55. The summed E-state index contributed by atoms with van der Waals surface area (Å²) in [6.07, 6.45) is 1.59. The molecule has 0 spiro atoms. The van der Waals surface area contributed by atoms with Gasteiger partial charge in [-0.05, 0) is 31.5 Å². The molecule has 0 atom stereocenters. The van der Waals surface area contributed by atoms with Crippen LogP contribution in [0.15, 0.2) is 41.3 Å². The maximum atomic E-state index is 12.5. The van der Waals surface area contributed by atoms with Gasteiger partial charge in [-0.2, -0.15) is 5.26 Å². The number of aryl methyl sites for hydroxylation is 1. The SMILES string of the molecule is Cn1c(=O)n(-c2ccc(C(C)(C)C#N)cc2)c2cc(Cl)ncc21. The van der Waals surface area contributed by atoms with Crippen LogP contribution >= 0.6 is 11.6 Å². The van der Waals surface area contributed by atoms with Crippen molar-refractivity contribution in [3.63, 3.8) is 0 Å². The highest BCUT2D eigenvalue weighted by molar-refractivity contribution is 6.29. The molecule has 0 amide bonds. The van der Waals surface area contributed by atoms with Gasteiger partial charge in [0.05, 0.1) is 34.4 Å². The van der Waals surface area contributed by atoms with Gasteiger partial charge in [-0.1, -0.05) is 23.7 Å². The van der Waals surface area contributed by atoms with Gasteiger partial charge in [0.15, 0.2) is 0 Å². The van der Waals surface area contributed by atoms with E-state index in [1.165, 1.54) is 4.57 Å². The summed E-state index contributed by atoms with van der Waals surface area (Å²) in [7, 11) is 1.70. The van der Waals surface area contributed by atoms with Gasteiger partial charge >= 0.3 is 5.69 Å². The van der Waals surface area contributed by atoms with Crippen LogP contribution in [0.2, 0.25) is 5.15 Å². The molecule has 116 valence electrons. The minimum Gasteiger partial charge on any atom is -0.293 e. The zero-order chi connectivity index (χ0) is 16.8. The van der Waals surface area contributed by atoms with Gasteiger partial charge in [-0.3, -0.25) is 9.13 Å². The first-order chi connectivity index (χ1) is 10.8. The number of nitriles is 1. The molecule has 1 aromatic carbocycles. The first kappa shape index (κ1) is 15.3. The molecule has 0 saturated heterocycles. The Morgan fingerprint density at radius 3 is 2.48 bits per heavy atom. The number of pyridine rings is 1. The molecule has 23 heavy (non-hydrogen) atoms. The first-order valence-electron chi connectivity index (χ1n) is 7.10. The summed E-state index contributed by atoms with van der Waals surface area (Å²) in [5.74, 6) is 0. The normalized spacial score (nSPS) is 11.6. The Kier molecular flexibility index (Phi) is 3.50. The van der Waals surface area contributed by atoms with Crippen molar-refractivity contribution in [2.45, 2.75) is 19.3 Å². The van der Waals surface area contributed by atoms with Crippen molar-refractivity contribution >= 4 is 22.6 Å². The second-order valence-electron chi connectivity index (χ2n) is 5.96. The maximum absolute atomic E-state index is 12.5. The quantitative estimate of drug-likeness (QED) is 0.679. The van der Waals surface area contributed by atoms with Crippen LogP contribution in [-0.4, -0.2) is 14.1 Å². The molecule has 3 rings (SSSR count). The number of hydrogen-bond acceptors (Lipinski definition) is 3. The predicted molar refractivity (Wildman–Crippen MR) is 90.0 cm³/mol. The van der Waals surface area contributed by atoms with E-state index < -0.39 is 5.41 Å². The molecule has 0 saturated carbocycles. The summed E-state index contributed by atoms with van der Waals surface area (Å²) in [5, 5.41) is 9.56. The number of rotatable bonds is 2. The average Bonchev–Trinajstić information content (AvgIpc) is 2.78. The van der Waals surface area contributed by atoms with Crippen molar-refractivity contribution in [3.05, 3.63) is 57.7 Å². The molecular weight excluding hydrogens is 312 g/mol. The molecular formula is C17H15ClN4O. The van der Waals surface area contributed by atoms with Crippen LogP contribution in [0.25, 0.3) is 16.7 Å². The Balaban J connectivity index is 2.22. The fourth-order valence-corrected chi connectivity index (χ4v) is 2.70. The van der Waals surface area contributed by atoms with Crippen LogP contribution in [-0.2, 0) is 12.5 Å². The topological polar surface area (TPSA) is 63.6 Å². The minimum atomic E-state index is -0.574. The van der Waals surface area contributed by atoms with Gasteiger partial charge in [0.25, 0.3) is 0 Å². The molecule has 6 heteroatoms. The van der Waals surface area contributed by atoms with Crippen LogP contribution in [0.1, 0.15) is 19.4 Å². The lowest BCUT2D eigenvalue weighted by Crippen LogP contribution is -2.21. The Labute approximate surface area is 138 Å². The Hall–Kier alpha value is -2.58. The van der Waals surface area contributed by atoms with Crippen LogP contribution < -0.4 is 5.69 Å². The molecule has 2 aromatic heterocycles. The number of aromatic nitrogens is 3. The van der Waals surface area contributed by atoms with Crippen molar-refractivity contribution in [3.8, 4) is 11.8 Å². The summed E-state index contributed by atoms with van der Waals surface area (Å²) in [6, 6.07) is 11.4. The highest BCUT2D eigenvalue weighted by Crippen LogP contribution is 2.24. The highest BCUT2D eigenvalue weighted by Gasteiger charge is 2.20. The van der Waals surface area contributed by atoms with Crippen LogP contribution in [0.4, 0.5) is 0 Å². The number of fused-ring (bicyclic) bond motifs is 1. The van der Waals surface area contributed by atoms with Gasteiger partial charge in [-0.25, -0.2) is 9.78 Å². The Morgan fingerprint density at radius 2 is 1.87 bits per heavy atom. The van der Waals surface area contributed by atoms with Gasteiger partial charge in [0.1, 0.15) is 5.15 Å². The predicted octanol–water partition coefficient (Wildman–Crippen LogP) is 3.18. The molecule has 0 N–H and O–H groups in total. The largest absolute Gasteiger partial charge is 0.333 e. The number of nitrogens with zero attached hydrogens (tertiary/aromatic N) is 4. The third-order valence-corrected chi connectivity index (χ3v) is 4.24. The van der Waals surface area contributed by atoms with Crippen LogP contribution in [0, 0.1) is 11.3 Å². The zero-order valence-electron chi connectivity index (χ0n) is 13.0. The number of imidazole rings is 1. The standard InChI is InChI=1S/C17H15ClN4O/c1-17(2,10-19)11-4-6-12(7-5-11)22-13-8-15(18)20-9-14(13)21(3)16(22)23/h4-9H,1-3H3. The fraction of sp³-hybridized carbons (Fsp3) is 0.235. The Bertz CT molecular complexity index is 990. The summed E-state index contributed by atoms with van der Waals surface area (Å²) in [4.78, 5) is 16.6. The van der Waals surface area contributed by atoms with E-state index in [1.54, 1.807) is 23.9 Å². The second kappa shape index (κ2) is 5.25. The summed E-state index contributed by atoms with van der Waals surface area (Å²) in [6.45, 7) is 3.72. The highest BCUT2D eigenvalue weighted by atomic mass is 35.5. The monoisotopic (exact) mass is 326 g/mol. The molecule has 2 heterocycles. The van der Waals surface area contributed by atoms with Crippen molar-refractivity contribution in [1.82, 2.24) is 14.1 Å². The van der Waals surface area contributed by atoms with E-state index in [9.17, 15) is 10.1 Å². The van der Waals surface area contributed by atoms with E-state index in [0.717, 1.165) is 11.3 Å². The van der Waals surface area contributed by atoms with Crippen molar-refractivity contribution in [2.75, 3.05) is 0 Å². The van der Waals surface area contributed by atoms with Crippen LogP contribution in [0.3, 0.4) is 0 Å². The molecule has 0 fully saturated rings. The molecule has 5 nitrogen and oxygen atoms in total. The number of benzene rings is 1. The molecule has 0 aliphatic heterocycles. The molecule has 3 aromatic rings. The van der Waals surface area contributed by atoms with Crippen molar-refractivity contribution < 1.29 is 0 Å². The van der Waals surface area contributed by atoms with E-state index >= 15 is 0 Å². The minimum absolute atomic E-state index is 0.170. The van der Waals surface area contributed by atoms with E-state index in [1.807, 2.05) is 38.1 Å². The van der Waals surface area contributed by atoms with E-state index in [4.69, 9.17) is 11.6 Å². The average molecular weight is 327 g/mol. The summed E-state index contributed by atoms with van der Waals surface area (Å²) in [5.41, 5.74) is 2.29. The van der Waals surface area contributed by atoms with E-state index in [2.05, 4.69) is 11.1 Å². The van der Waals surface area contributed by atoms with Crippen LogP contribution in [0.5, 0.6) is 0 Å². The maximum Gasteiger partial charge on any atom is 0.333 e.